The van der Waals surface area contributed by atoms with Gasteiger partial charge in [-0.1, -0.05) is 19.1 Å². The van der Waals surface area contributed by atoms with Crippen LogP contribution in [0.3, 0.4) is 0 Å². The predicted molar refractivity (Wildman–Crippen MR) is 64.1 cm³/mol. The van der Waals surface area contributed by atoms with Gasteiger partial charge in [-0.2, -0.15) is 5.10 Å². The molecule has 1 aromatic heterocycles. The van der Waals surface area contributed by atoms with Crippen LogP contribution in [0, 0.1) is 5.82 Å². The third-order valence-electron chi connectivity index (χ3n) is 3.01. The second-order valence-corrected chi connectivity index (χ2v) is 4.10. The van der Waals surface area contributed by atoms with E-state index < -0.39 is 0 Å². The highest BCUT2D eigenvalue weighted by Crippen LogP contribution is 2.23. The topological polar surface area (TPSA) is 30.7 Å². The van der Waals surface area contributed by atoms with Crippen LogP contribution in [0.25, 0.3) is 0 Å². The Morgan fingerprint density at radius 3 is 2.65 bits per heavy atom. The molecule has 0 N–H and O–H groups in total. The molecule has 0 amide bonds. The number of hydrogen-bond acceptors (Lipinski definition) is 2. The molecule has 2 aromatic rings. The molecular formula is C13H16FN3. The van der Waals surface area contributed by atoms with Crippen LogP contribution >= 0.6 is 0 Å². The van der Waals surface area contributed by atoms with Crippen LogP contribution in [0.15, 0.2) is 36.9 Å². The standard InChI is InChI=1S/C13H16FN3/c1-2-11(7-8-17-10-15-9-16-17)12-3-5-13(14)6-4-12/h3-6,9-11H,2,7-8H2,1H3/t11-/m0/s1. The van der Waals surface area contributed by atoms with E-state index in [2.05, 4.69) is 17.0 Å². The van der Waals surface area contributed by atoms with E-state index in [9.17, 15) is 4.39 Å². The minimum atomic E-state index is -0.181. The van der Waals surface area contributed by atoms with Gasteiger partial charge in [0.25, 0.3) is 0 Å². The molecule has 0 bridgehead atoms. The smallest absolute Gasteiger partial charge is 0.137 e. The van der Waals surface area contributed by atoms with Gasteiger partial charge in [-0.05, 0) is 36.5 Å². The zero-order valence-electron chi connectivity index (χ0n) is 9.88. The third kappa shape index (κ3) is 3.12. The largest absolute Gasteiger partial charge is 0.253 e. The maximum atomic E-state index is 12.8. The van der Waals surface area contributed by atoms with Gasteiger partial charge in [0.05, 0.1) is 0 Å². The molecule has 90 valence electrons. The number of nitrogens with zero attached hydrogens (tertiary/aromatic N) is 3. The van der Waals surface area contributed by atoms with Gasteiger partial charge < -0.3 is 0 Å². The summed E-state index contributed by atoms with van der Waals surface area (Å²) in [4.78, 5) is 3.91. The number of hydrogen-bond donors (Lipinski definition) is 0. The molecule has 0 spiro atoms. The quantitative estimate of drug-likeness (QED) is 0.794. The number of benzene rings is 1. The lowest BCUT2D eigenvalue weighted by Gasteiger charge is -2.15. The number of aryl methyl sites for hydroxylation is 1. The molecule has 17 heavy (non-hydrogen) atoms. The van der Waals surface area contributed by atoms with E-state index in [-0.39, 0.29) is 5.82 Å². The van der Waals surface area contributed by atoms with Gasteiger partial charge in [-0.3, -0.25) is 4.68 Å². The molecule has 0 saturated carbocycles. The zero-order chi connectivity index (χ0) is 12.1. The number of halogens is 1. The minimum absolute atomic E-state index is 0.181. The lowest BCUT2D eigenvalue weighted by Crippen LogP contribution is -2.05. The third-order valence-corrected chi connectivity index (χ3v) is 3.01. The Labute approximate surface area is 100 Å². The number of rotatable bonds is 5. The van der Waals surface area contributed by atoms with E-state index in [1.54, 1.807) is 12.7 Å². The molecule has 0 saturated heterocycles. The summed E-state index contributed by atoms with van der Waals surface area (Å²) < 4.78 is 14.7. The first kappa shape index (κ1) is 11.8. The molecule has 1 heterocycles. The Hall–Kier alpha value is -1.71. The summed E-state index contributed by atoms with van der Waals surface area (Å²) in [5.41, 5.74) is 1.19. The molecule has 0 aliphatic rings. The lowest BCUT2D eigenvalue weighted by atomic mass is 9.93. The highest BCUT2D eigenvalue weighted by atomic mass is 19.1. The van der Waals surface area contributed by atoms with Crippen molar-refractivity contribution in [3.8, 4) is 0 Å². The van der Waals surface area contributed by atoms with E-state index in [0.717, 1.165) is 19.4 Å². The molecule has 0 radical (unpaired) electrons. The molecule has 4 heteroatoms. The Balaban J connectivity index is 1.99. The molecule has 1 atom stereocenters. The molecule has 0 aliphatic carbocycles. The summed E-state index contributed by atoms with van der Waals surface area (Å²) in [5, 5.41) is 4.08. The van der Waals surface area contributed by atoms with Crippen LogP contribution in [0.2, 0.25) is 0 Å². The van der Waals surface area contributed by atoms with Crippen LogP contribution in [-0.4, -0.2) is 14.8 Å². The molecule has 3 nitrogen and oxygen atoms in total. The zero-order valence-corrected chi connectivity index (χ0v) is 9.88. The molecule has 0 aliphatic heterocycles. The van der Waals surface area contributed by atoms with E-state index >= 15 is 0 Å². The average molecular weight is 233 g/mol. The van der Waals surface area contributed by atoms with Crippen molar-refractivity contribution < 1.29 is 4.39 Å². The van der Waals surface area contributed by atoms with Gasteiger partial charge in [0.15, 0.2) is 0 Å². The van der Waals surface area contributed by atoms with Gasteiger partial charge in [-0.15, -0.1) is 0 Å². The monoisotopic (exact) mass is 233 g/mol. The fourth-order valence-electron chi connectivity index (χ4n) is 1.98. The summed E-state index contributed by atoms with van der Waals surface area (Å²) >= 11 is 0. The molecule has 0 unspecified atom stereocenters. The van der Waals surface area contributed by atoms with Crippen molar-refractivity contribution in [2.45, 2.75) is 32.2 Å². The predicted octanol–water partition coefficient (Wildman–Crippen LogP) is 3.00. The van der Waals surface area contributed by atoms with Crippen molar-refractivity contribution in [2.24, 2.45) is 0 Å². The number of aromatic nitrogens is 3. The van der Waals surface area contributed by atoms with Crippen molar-refractivity contribution in [1.29, 1.82) is 0 Å². The van der Waals surface area contributed by atoms with Crippen molar-refractivity contribution in [1.82, 2.24) is 14.8 Å². The fourth-order valence-corrected chi connectivity index (χ4v) is 1.98. The SMILES string of the molecule is CC[C@@H](CCn1cncn1)c1ccc(F)cc1. The molecular weight excluding hydrogens is 217 g/mol. The summed E-state index contributed by atoms with van der Waals surface area (Å²) in [5.74, 6) is 0.264. The maximum absolute atomic E-state index is 12.8. The normalized spacial score (nSPS) is 12.6. The Bertz CT molecular complexity index is 436. The van der Waals surface area contributed by atoms with Gasteiger partial charge in [0.2, 0.25) is 0 Å². The van der Waals surface area contributed by atoms with Gasteiger partial charge >= 0.3 is 0 Å². The van der Waals surface area contributed by atoms with Crippen molar-refractivity contribution in [3.05, 3.63) is 48.3 Å². The van der Waals surface area contributed by atoms with Gasteiger partial charge in [0.1, 0.15) is 18.5 Å². The van der Waals surface area contributed by atoms with E-state index in [4.69, 9.17) is 0 Å². The maximum Gasteiger partial charge on any atom is 0.137 e. The fraction of sp³-hybridized carbons (Fsp3) is 0.385. The highest BCUT2D eigenvalue weighted by Gasteiger charge is 2.09. The van der Waals surface area contributed by atoms with Crippen LogP contribution in [0.1, 0.15) is 31.2 Å². The summed E-state index contributed by atoms with van der Waals surface area (Å²) in [6, 6.07) is 6.77. The second kappa shape index (κ2) is 5.57. The average Bonchev–Trinajstić information content (AvgIpc) is 2.85. The molecule has 1 aromatic carbocycles. The van der Waals surface area contributed by atoms with Gasteiger partial charge in [0, 0.05) is 6.54 Å². The van der Waals surface area contributed by atoms with E-state index in [0.29, 0.717) is 5.92 Å². The lowest BCUT2D eigenvalue weighted by molar-refractivity contribution is 0.502. The Morgan fingerprint density at radius 2 is 2.06 bits per heavy atom. The first-order chi connectivity index (χ1) is 8.29. The van der Waals surface area contributed by atoms with Crippen LogP contribution in [0.5, 0.6) is 0 Å². The minimum Gasteiger partial charge on any atom is -0.253 e. The van der Waals surface area contributed by atoms with Crippen molar-refractivity contribution >= 4 is 0 Å². The van der Waals surface area contributed by atoms with Crippen molar-refractivity contribution in [2.75, 3.05) is 0 Å². The molecule has 0 fully saturated rings. The van der Waals surface area contributed by atoms with Crippen LogP contribution in [-0.2, 0) is 6.54 Å². The van der Waals surface area contributed by atoms with Gasteiger partial charge in [-0.25, -0.2) is 9.37 Å². The van der Waals surface area contributed by atoms with Crippen LogP contribution < -0.4 is 0 Å². The molecule has 2 rings (SSSR count). The van der Waals surface area contributed by atoms with Crippen molar-refractivity contribution in [3.63, 3.8) is 0 Å². The Morgan fingerprint density at radius 1 is 1.29 bits per heavy atom. The summed E-state index contributed by atoms with van der Waals surface area (Å²) in [7, 11) is 0. The highest BCUT2D eigenvalue weighted by molar-refractivity contribution is 5.20. The summed E-state index contributed by atoms with van der Waals surface area (Å²) in [6.45, 7) is 2.99. The second-order valence-electron chi connectivity index (χ2n) is 4.10. The summed E-state index contributed by atoms with van der Waals surface area (Å²) in [6.07, 6.45) is 5.29. The first-order valence-corrected chi connectivity index (χ1v) is 5.87. The Kier molecular flexibility index (Phi) is 3.85. The van der Waals surface area contributed by atoms with E-state index in [1.807, 2.05) is 16.8 Å². The first-order valence-electron chi connectivity index (χ1n) is 5.87. The van der Waals surface area contributed by atoms with Crippen LogP contribution in [0.4, 0.5) is 4.39 Å². The van der Waals surface area contributed by atoms with E-state index in [1.165, 1.54) is 17.7 Å².